The van der Waals surface area contributed by atoms with Crippen LogP contribution in [0.15, 0.2) is 42.5 Å². The highest BCUT2D eigenvalue weighted by molar-refractivity contribution is 5.92. The molecule has 1 N–H and O–H groups in total. The first-order chi connectivity index (χ1) is 12.5. The lowest BCUT2D eigenvalue weighted by atomic mass is 9.93. The molecule has 0 atom stereocenters. The Morgan fingerprint density at radius 2 is 1.85 bits per heavy atom. The molecule has 0 radical (unpaired) electrons. The van der Waals surface area contributed by atoms with Gasteiger partial charge in [0.15, 0.2) is 11.5 Å². The Morgan fingerprint density at radius 1 is 1.04 bits per heavy atom. The smallest absolute Gasteiger partial charge is 0.244 e. The molecule has 2 aromatic rings. The van der Waals surface area contributed by atoms with Gasteiger partial charge >= 0.3 is 0 Å². The van der Waals surface area contributed by atoms with Gasteiger partial charge in [0, 0.05) is 12.5 Å². The van der Waals surface area contributed by atoms with Gasteiger partial charge in [0.25, 0.3) is 0 Å². The minimum atomic E-state index is -0.534. The molecule has 0 fully saturated rings. The molecule has 0 spiro atoms. The molecule has 26 heavy (non-hydrogen) atoms. The van der Waals surface area contributed by atoms with Gasteiger partial charge in [0.2, 0.25) is 12.7 Å². The maximum Gasteiger partial charge on any atom is 0.244 e. The van der Waals surface area contributed by atoms with Crippen molar-refractivity contribution in [2.45, 2.75) is 25.8 Å². The van der Waals surface area contributed by atoms with Crippen LogP contribution >= 0.6 is 0 Å². The maximum atomic E-state index is 12.4. The minimum absolute atomic E-state index is 0.149. The molecule has 2 heterocycles. The Morgan fingerprint density at radius 3 is 2.73 bits per heavy atom. The Hall–Kier alpha value is -2.95. The van der Waals surface area contributed by atoms with Gasteiger partial charge < -0.3 is 19.5 Å². The molecule has 4 rings (SSSR count). The number of fused-ring (bicyclic) bond motifs is 2. The van der Waals surface area contributed by atoms with Gasteiger partial charge in [0.05, 0.1) is 12.1 Å². The number of amides is 1. The summed E-state index contributed by atoms with van der Waals surface area (Å²) < 4.78 is 16.3. The third kappa shape index (κ3) is 3.25. The van der Waals surface area contributed by atoms with Crippen LogP contribution in [0.25, 0.3) is 6.08 Å². The van der Waals surface area contributed by atoms with Crippen LogP contribution in [-0.4, -0.2) is 19.3 Å². The van der Waals surface area contributed by atoms with E-state index in [1.54, 1.807) is 6.08 Å². The number of carbonyl (C=O) groups excluding carboxylic acids is 1. The molecule has 0 aliphatic carbocycles. The lowest BCUT2D eigenvalue weighted by molar-refractivity contribution is -0.118. The molecule has 0 aromatic heterocycles. The van der Waals surface area contributed by atoms with E-state index in [9.17, 15) is 4.79 Å². The predicted molar refractivity (Wildman–Crippen MR) is 98.4 cm³/mol. The average molecular weight is 351 g/mol. The monoisotopic (exact) mass is 351 g/mol. The summed E-state index contributed by atoms with van der Waals surface area (Å²) in [6, 6.07) is 11.7. The molecule has 2 aliphatic rings. The molecule has 0 saturated heterocycles. The van der Waals surface area contributed by atoms with Gasteiger partial charge in [-0.15, -0.1) is 0 Å². The summed E-state index contributed by atoms with van der Waals surface area (Å²) in [4.78, 5) is 12.4. The van der Waals surface area contributed by atoms with Gasteiger partial charge in [-0.25, -0.2) is 0 Å². The van der Waals surface area contributed by atoms with Crippen molar-refractivity contribution in [1.82, 2.24) is 5.32 Å². The van der Waals surface area contributed by atoms with Crippen molar-refractivity contribution in [3.05, 3.63) is 59.2 Å². The summed E-state index contributed by atoms with van der Waals surface area (Å²) in [5, 5.41) is 3.04. The Balaban J connectivity index is 1.45. The molecule has 0 bridgehead atoms. The SMILES string of the molecule is CC(C)(NC(=O)/C=C/c1ccc2c(c1)CCO2)c1ccc2c(c1)OCO2. The number of hydrogen-bond acceptors (Lipinski definition) is 4. The molecule has 0 saturated carbocycles. The van der Waals surface area contributed by atoms with Crippen LogP contribution < -0.4 is 19.5 Å². The number of hydrogen-bond donors (Lipinski definition) is 1. The van der Waals surface area contributed by atoms with Crippen LogP contribution in [0.3, 0.4) is 0 Å². The lowest BCUT2D eigenvalue weighted by Crippen LogP contribution is -2.40. The van der Waals surface area contributed by atoms with E-state index < -0.39 is 5.54 Å². The van der Waals surface area contributed by atoms with Crippen LogP contribution in [0.2, 0.25) is 0 Å². The second-order valence-electron chi connectivity index (χ2n) is 6.98. The van der Waals surface area contributed by atoms with Crippen molar-refractivity contribution < 1.29 is 19.0 Å². The Labute approximate surface area is 152 Å². The van der Waals surface area contributed by atoms with Gasteiger partial charge in [-0.3, -0.25) is 4.79 Å². The number of rotatable bonds is 4. The number of benzene rings is 2. The summed E-state index contributed by atoms with van der Waals surface area (Å²) in [5.74, 6) is 2.23. The first-order valence-corrected chi connectivity index (χ1v) is 8.67. The van der Waals surface area contributed by atoms with Gasteiger partial charge in [-0.1, -0.05) is 12.1 Å². The fourth-order valence-corrected chi connectivity index (χ4v) is 3.19. The third-order valence-corrected chi connectivity index (χ3v) is 4.67. The first-order valence-electron chi connectivity index (χ1n) is 8.67. The highest BCUT2D eigenvalue weighted by Gasteiger charge is 2.25. The zero-order chi connectivity index (χ0) is 18.1. The van der Waals surface area contributed by atoms with Crippen molar-refractivity contribution >= 4 is 12.0 Å². The van der Waals surface area contributed by atoms with Crippen LogP contribution in [0.4, 0.5) is 0 Å². The van der Waals surface area contributed by atoms with Crippen LogP contribution in [0.1, 0.15) is 30.5 Å². The minimum Gasteiger partial charge on any atom is -0.493 e. The van der Waals surface area contributed by atoms with E-state index in [1.165, 1.54) is 5.56 Å². The zero-order valence-electron chi connectivity index (χ0n) is 14.9. The highest BCUT2D eigenvalue weighted by Crippen LogP contribution is 2.35. The van der Waals surface area contributed by atoms with E-state index in [1.807, 2.05) is 50.3 Å². The first kappa shape index (κ1) is 16.5. The van der Waals surface area contributed by atoms with Crippen molar-refractivity contribution in [2.75, 3.05) is 13.4 Å². The van der Waals surface area contributed by atoms with Crippen molar-refractivity contribution in [3.63, 3.8) is 0 Å². The second-order valence-corrected chi connectivity index (χ2v) is 6.98. The van der Waals surface area contributed by atoms with Gasteiger partial charge in [0.1, 0.15) is 5.75 Å². The molecule has 2 aliphatic heterocycles. The molecule has 5 nitrogen and oxygen atoms in total. The predicted octanol–water partition coefficient (Wildman–Crippen LogP) is 3.41. The van der Waals surface area contributed by atoms with Crippen LogP contribution in [-0.2, 0) is 16.8 Å². The summed E-state index contributed by atoms with van der Waals surface area (Å²) in [6.07, 6.45) is 4.30. The lowest BCUT2D eigenvalue weighted by Gasteiger charge is -2.26. The summed E-state index contributed by atoms with van der Waals surface area (Å²) in [5.41, 5.74) is 2.60. The highest BCUT2D eigenvalue weighted by atomic mass is 16.7. The van der Waals surface area contributed by atoms with E-state index in [4.69, 9.17) is 14.2 Å². The molecule has 5 heteroatoms. The fourth-order valence-electron chi connectivity index (χ4n) is 3.19. The quantitative estimate of drug-likeness (QED) is 0.858. The summed E-state index contributed by atoms with van der Waals surface area (Å²) in [7, 11) is 0. The largest absolute Gasteiger partial charge is 0.493 e. The van der Waals surface area contributed by atoms with Crippen molar-refractivity contribution in [1.29, 1.82) is 0 Å². The zero-order valence-corrected chi connectivity index (χ0v) is 14.9. The maximum absolute atomic E-state index is 12.4. The number of ether oxygens (including phenoxy) is 3. The summed E-state index contributed by atoms with van der Waals surface area (Å²) in [6.45, 7) is 4.89. The molecule has 1 amide bonds. The van der Waals surface area contributed by atoms with Gasteiger partial charge in [-0.05, 0) is 60.9 Å². The van der Waals surface area contributed by atoms with E-state index in [2.05, 4.69) is 11.4 Å². The van der Waals surface area contributed by atoms with Crippen molar-refractivity contribution in [2.24, 2.45) is 0 Å². The topological polar surface area (TPSA) is 56.8 Å². The molecule has 2 aromatic carbocycles. The molecule has 0 unspecified atom stereocenters. The van der Waals surface area contributed by atoms with Crippen LogP contribution in [0.5, 0.6) is 17.2 Å². The fraction of sp³-hybridized carbons (Fsp3) is 0.286. The van der Waals surface area contributed by atoms with Crippen LogP contribution in [0, 0.1) is 0 Å². The van der Waals surface area contributed by atoms with E-state index in [-0.39, 0.29) is 12.7 Å². The summed E-state index contributed by atoms with van der Waals surface area (Å²) >= 11 is 0. The average Bonchev–Trinajstić information content (AvgIpc) is 3.27. The Bertz CT molecular complexity index is 886. The number of carbonyl (C=O) groups is 1. The second kappa shape index (κ2) is 6.41. The normalized spacial score (nSPS) is 15.0. The standard InChI is InChI=1S/C21H21NO4/c1-21(2,16-5-7-18-19(12-16)26-13-25-18)22-20(23)8-4-14-3-6-17-15(11-14)9-10-24-17/h3-8,11-12H,9-10,13H2,1-2H3,(H,22,23)/b8-4+. The van der Waals surface area contributed by atoms with Crippen molar-refractivity contribution in [3.8, 4) is 17.2 Å². The van der Waals surface area contributed by atoms with E-state index >= 15 is 0 Å². The van der Waals surface area contributed by atoms with Gasteiger partial charge in [-0.2, -0.15) is 0 Å². The molecule has 134 valence electrons. The number of nitrogens with one attached hydrogen (secondary N) is 1. The third-order valence-electron chi connectivity index (χ3n) is 4.67. The molecular formula is C21H21NO4. The Kier molecular flexibility index (Phi) is 4.07. The van der Waals surface area contributed by atoms with E-state index in [0.29, 0.717) is 5.75 Å². The van der Waals surface area contributed by atoms with E-state index in [0.717, 1.165) is 35.7 Å². The molecular weight excluding hydrogens is 330 g/mol.